The van der Waals surface area contributed by atoms with E-state index in [0.29, 0.717) is 45.7 Å². The Morgan fingerprint density at radius 2 is 1.97 bits per heavy atom. The van der Waals surface area contributed by atoms with Crippen LogP contribution in [0.1, 0.15) is 40.4 Å². The topological polar surface area (TPSA) is 108 Å². The number of aromatic nitrogens is 1. The van der Waals surface area contributed by atoms with Crippen LogP contribution in [-0.4, -0.2) is 58.9 Å². The first kappa shape index (κ1) is 21.9. The monoisotopic (exact) mass is 473 g/mol. The van der Waals surface area contributed by atoms with Crippen molar-refractivity contribution in [3.05, 3.63) is 65.5 Å². The summed E-state index contributed by atoms with van der Waals surface area (Å²) < 4.78 is 11.8. The van der Waals surface area contributed by atoms with Gasteiger partial charge in [0.1, 0.15) is 23.2 Å². The van der Waals surface area contributed by atoms with E-state index in [0.717, 1.165) is 31.7 Å². The number of aromatic carboxylic acids is 1. The molecule has 2 fully saturated rings. The summed E-state index contributed by atoms with van der Waals surface area (Å²) in [5, 5.41) is 26.8. The number of phenolic OH excluding ortho intramolecular Hbond substituents is 1. The third kappa shape index (κ3) is 3.98. The number of ether oxygens (including phenoxy) is 1. The minimum Gasteiger partial charge on any atom is -0.507 e. The maximum atomic E-state index is 12.2. The fraction of sp³-hybridized carbons (Fsp3) is 0.333. The number of carboxylic acids is 1. The first-order valence-electron chi connectivity index (χ1n) is 12.0. The Kier molecular flexibility index (Phi) is 5.54. The number of aromatic hydroxyl groups is 1. The molecule has 4 aromatic rings. The number of pyridine rings is 1. The smallest absolute Gasteiger partial charge is 0.339 e. The molecule has 0 radical (unpaired) electrons. The van der Waals surface area contributed by atoms with Crippen molar-refractivity contribution in [2.45, 2.75) is 18.9 Å². The lowest BCUT2D eigenvalue weighted by Crippen LogP contribution is -2.45. The van der Waals surface area contributed by atoms with Crippen LogP contribution in [0.25, 0.3) is 21.7 Å². The number of nitrogens with one attached hydrogen (secondary N) is 1. The van der Waals surface area contributed by atoms with Gasteiger partial charge in [0.2, 0.25) is 5.88 Å². The lowest BCUT2D eigenvalue weighted by atomic mass is 9.89. The van der Waals surface area contributed by atoms with E-state index in [1.54, 1.807) is 6.20 Å². The molecule has 0 bridgehead atoms. The van der Waals surface area contributed by atoms with E-state index in [2.05, 4.69) is 15.2 Å². The molecule has 3 heterocycles. The van der Waals surface area contributed by atoms with Crippen molar-refractivity contribution in [3.8, 4) is 11.6 Å². The number of fused-ring (bicyclic) bond motifs is 3. The summed E-state index contributed by atoms with van der Waals surface area (Å²) in [5.41, 5.74) is 1.92. The minimum atomic E-state index is -1.10. The highest BCUT2D eigenvalue weighted by Crippen LogP contribution is 2.46. The number of furan rings is 1. The summed E-state index contributed by atoms with van der Waals surface area (Å²) >= 11 is 0. The van der Waals surface area contributed by atoms with Crippen molar-refractivity contribution >= 4 is 27.7 Å². The third-order valence-electron chi connectivity index (χ3n) is 7.00. The molecule has 8 heteroatoms. The number of nitrogens with zero attached hydrogens (tertiary/aromatic N) is 2. The number of hydrogen-bond donors (Lipinski definition) is 3. The molecule has 0 spiro atoms. The van der Waals surface area contributed by atoms with E-state index in [1.165, 1.54) is 19.1 Å². The minimum absolute atomic E-state index is 0.0375. The molecular weight excluding hydrogens is 446 g/mol. The van der Waals surface area contributed by atoms with Crippen LogP contribution in [0, 0.1) is 5.92 Å². The molecule has 1 unspecified atom stereocenters. The van der Waals surface area contributed by atoms with Crippen molar-refractivity contribution in [3.63, 3.8) is 0 Å². The fourth-order valence-corrected chi connectivity index (χ4v) is 5.06. The number of rotatable bonds is 7. The molecule has 2 aromatic heterocycles. The number of carbonyl (C=O) groups is 1. The molecule has 180 valence electrons. The Bertz CT molecular complexity index is 1400. The van der Waals surface area contributed by atoms with Gasteiger partial charge in [-0.25, -0.2) is 9.78 Å². The number of piperazine rings is 1. The summed E-state index contributed by atoms with van der Waals surface area (Å²) in [6, 6.07) is 10.8. The second-order valence-corrected chi connectivity index (χ2v) is 9.34. The Morgan fingerprint density at radius 1 is 1.20 bits per heavy atom. The van der Waals surface area contributed by atoms with Gasteiger partial charge in [0.15, 0.2) is 0 Å². The van der Waals surface area contributed by atoms with Gasteiger partial charge in [-0.15, -0.1) is 0 Å². The van der Waals surface area contributed by atoms with Gasteiger partial charge in [-0.2, -0.15) is 0 Å². The molecular formula is C27H27N3O5. The summed E-state index contributed by atoms with van der Waals surface area (Å²) in [5.74, 6) is 0.106. The molecule has 0 amide bonds. The zero-order valence-corrected chi connectivity index (χ0v) is 19.2. The van der Waals surface area contributed by atoms with Gasteiger partial charge >= 0.3 is 5.97 Å². The van der Waals surface area contributed by atoms with Crippen LogP contribution in [-0.2, 0) is 0 Å². The van der Waals surface area contributed by atoms with Crippen molar-refractivity contribution < 1.29 is 24.2 Å². The van der Waals surface area contributed by atoms with Gasteiger partial charge in [-0.3, -0.25) is 4.90 Å². The predicted octanol–water partition coefficient (Wildman–Crippen LogP) is 4.17. The highest BCUT2D eigenvalue weighted by Gasteiger charge is 2.33. The second kappa shape index (κ2) is 8.87. The van der Waals surface area contributed by atoms with Gasteiger partial charge in [0, 0.05) is 60.2 Å². The van der Waals surface area contributed by atoms with Crippen LogP contribution in [0.5, 0.6) is 11.6 Å². The summed E-state index contributed by atoms with van der Waals surface area (Å²) in [4.78, 5) is 18.9. The quantitative estimate of drug-likeness (QED) is 0.367. The van der Waals surface area contributed by atoms with Crippen molar-refractivity contribution in [1.29, 1.82) is 0 Å². The summed E-state index contributed by atoms with van der Waals surface area (Å²) in [6.45, 7) is 3.70. The predicted molar refractivity (Wildman–Crippen MR) is 131 cm³/mol. The normalized spacial score (nSPS) is 17.6. The third-order valence-corrected chi connectivity index (χ3v) is 7.00. The average Bonchev–Trinajstić information content (AvgIpc) is 3.61. The highest BCUT2D eigenvalue weighted by molar-refractivity contribution is 6.15. The van der Waals surface area contributed by atoms with Gasteiger partial charge < -0.3 is 24.7 Å². The molecule has 2 aliphatic rings. The maximum Gasteiger partial charge on any atom is 0.339 e. The van der Waals surface area contributed by atoms with Crippen LogP contribution in [0.3, 0.4) is 0 Å². The SMILES string of the molecule is O=C(O)c1coc2c1c(C(c1ccnc(OCC3CC3)c1)N1CCNCC1)c(O)c1ccccc12. The maximum absolute atomic E-state index is 12.2. The van der Waals surface area contributed by atoms with Crippen LogP contribution in [0.4, 0.5) is 0 Å². The van der Waals surface area contributed by atoms with Crippen LogP contribution >= 0.6 is 0 Å². The highest BCUT2D eigenvalue weighted by atomic mass is 16.5. The zero-order chi connectivity index (χ0) is 23.9. The van der Waals surface area contributed by atoms with Crippen LogP contribution < -0.4 is 10.1 Å². The number of benzene rings is 2. The fourth-order valence-electron chi connectivity index (χ4n) is 5.06. The summed E-state index contributed by atoms with van der Waals surface area (Å²) in [6.07, 6.45) is 5.36. The number of hydrogen-bond acceptors (Lipinski definition) is 7. The molecule has 1 atom stereocenters. The van der Waals surface area contributed by atoms with Crippen molar-refractivity contribution in [2.24, 2.45) is 5.92 Å². The van der Waals surface area contributed by atoms with E-state index < -0.39 is 12.0 Å². The number of phenols is 1. The molecule has 6 rings (SSSR count). The van der Waals surface area contributed by atoms with E-state index in [1.807, 2.05) is 36.4 Å². The largest absolute Gasteiger partial charge is 0.507 e. The van der Waals surface area contributed by atoms with E-state index >= 15 is 0 Å². The van der Waals surface area contributed by atoms with Gasteiger partial charge in [0.25, 0.3) is 0 Å². The first-order chi connectivity index (χ1) is 17.1. The molecule has 3 N–H and O–H groups in total. The Hall–Kier alpha value is -3.62. The second-order valence-electron chi connectivity index (χ2n) is 9.34. The van der Waals surface area contributed by atoms with Crippen molar-refractivity contribution in [2.75, 3.05) is 32.8 Å². The Balaban J connectivity index is 1.59. The van der Waals surface area contributed by atoms with Gasteiger partial charge in [-0.1, -0.05) is 24.3 Å². The lowest BCUT2D eigenvalue weighted by molar-refractivity contribution is 0.0698. The number of carboxylic acid groups (broad SMARTS) is 1. The van der Waals surface area contributed by atoms with E-state index in [4.69, 9.17) is 9.15 Å². The van der Waals surface area contributed by atoms with Crippen LogP contribution in [0.2, 0.25) is 0 Å². The van der Waals surface area contributed by atoms with Crippen LogP contribution in [0.15, 0.2) is 53.3 Å². The lowest BCUT2D eigenvalue weighted by Gasteiger charge is -2.36. The molecule has 2 aromatic carbocycles. The van der Waals surface area contributed by atoms with Crippen molar-refractivity contribution in [1.82, 2.24) is 15.2 Å². The standard InChI is InChI=1S/C27H27N3O5/c31-25-18-3-1-2-4-19(18)26-22(20(15-35-26)27(32)33)23(25)24(30-11-9-28-10-12-30)17-7-8-29-21(13-17)34-14-16-5-6-16/h1-4,7-8,13,15-16,24,28,31H,5-6,9-12,14H2,(H,32,33). The Morgan fingerprint density at radius 3 is 2.71 bits per heavy atom. The first-order valence-corrected chi connectivity index (χ1v) is 12.0. The van der Waals surface area contributed by atoms with Gasteiger partial charge in [0.05, 0.1) is 12.6 Å². The zero-order valence-electron chi connectivity index (χ0n) is 19.2. The molecule has 1 saturated carbocycles. The Labute approximate surface area is 202 Å². The molecule has 1 aliphatic carbocycles. The molecule has 1 aliphatic heterocycles. The van der Waals surface area contributed by atoms with E-state index in [-0.39, 0.29) is 11.3 Å². The molecule has 1 saturated heterocycles. The summed E-state index contributed by atoms with van der Waals surface area (Å²) in [7, 11) is 0. The van der Waals surface area contributed by atoms with E-state index in [9.17, 15) is 15.0 Å². The molecule has 35 heavy (non-hydrogen) atoms. The molecule has 8 nitrogen and oxygen atoms in total. The average molecular weight is 474 g/mol. The van der Waals surface area contributed by atoms with Gasteiger partial charge in [-0.05, 0) is 30.4 Å².